The number of pyridine rings is 1. The van der Waals surface area contributed by atoms with E-state index in [9.17, 15) is 28.1 Å². The number of halogens is 4. The summed E-state index contributed by atoms with van der Waals surface area (Å²) in [4.78, 5) is 29.5. The van der Waals surface area contributed by atoms with E-state index in [1.807, 2.05) is 0 Å². The molecule has 2 aliphatic rings. The standard InChI is InChI=1S/C25H30ClF3N6O3/c26-21-2-1-3-22(32-21)33-23(36)19-5-4-18(35(37)38)16-20(19)34-14-9-24(10-15-34,25(27,28)29)31-13-8-17-6-11-30-12-7-17/h1-5,16-17,30-31H,6-15H2,(H,32,33,36). The van der Waals surface area contributed by atoms with Crippen LogP contribution in [0.2, 0.25) is 5.15 Å². The van der Waals surface area contributed by atoms with Crippen molar-refractivity contribution in [3.8, 4) is 0 Å². The molecular weight excluding hydrogens is 525 g/mol. The van der Waals surface area contributed by atoms with Gasteiger partial charge < -0.3 is 20.9 Å². The van der Waals surface area contributed by atoms with E-state index in [1.165, 1.54) is 30.3 Å². The van der Waals surface area contributed by atoms with Crippen molar-refractivity contribution in [1.29, 1.82) is 0 Å². The number of benzene rings is 1. The van der Waals surface area contributed by atoms with Gasteiger partial charge in [-0.15, -0.1) is 0 Å². The van der Waals surface area contributed by atoms with Gasteiger partial charge in [-0.05, 0) is 75.9 Å². The van der Waals surface area contributed by atoms with Gasteiger partial charge >= 0.3 is 6.18 Å². The number of non-ortho nitro benzene ring substituents is 1. The normalized spacial score (nSPS) is 18.3. The van der Waals surface area contributed by atoms with Gasteiger partial charge in [0.2, 0.25) is 0 Å². The smallest absolute Gasteiger partial charge is 0.371 e. The Balaban J connectivity index is 1.51. The molecule has 0 unspecified atom stereocenters. The van der Waals surface area contributed by atoms with Crippen molar-refractivity contribution in [2.24, 2.45) is 5.92 Å². The minimum Gasteiger partial charge on any atom is -0.371 e. The van der Waals surface area contributed by atoms with Crippen LogP contribution >= 0.6 is 11.6 Å². The minimum atomic E-state index is -4.46. The number of hydrogen-bond donors (Lipinski definition) is 3. The number of anilines is 2. The highest BCUT2D eigenvalue weighted by atomic mass is 35.5. The fourth-order valence-corrected chi connectivity index (χ4v) is 5.29. The number of hydrogen-bond acceptors (Lipinski definition) is 7. The van der Waals surface area contributed by atoms with E-state index in [0.29, 0.717) is 12.3 Å². The van der Waals surface area contributed by atoms with E-state index < -0.39 is 22.5 Å². The molecule has 3 N–H and O–H groups in total. The van der Waals surface area contributed by atoms with Crippen LogP contribution < -0.4 is 20.9 Å². The molecule has 0 spiro atoms. The molecule has 3 heterocycles. The van der Waals surface area contributed by atoms with Crippen molar-refractivity contribution >= 4 is 34.7 Å². The summed E-state index contributed by atoms with van der Waals surface area (Å²) in [7, 11) is 0. The van der Waals surface area contributed by atoms with Gasteiger partial charge in [-0.3, -0.25) is 14.9 Å². The van der Waals surface area contributed by atoms with Gasteiger partial charge in [0, 0.05) is 25.2 Å². The molecule has 38 heavy (non-hydrogen) atoms. The second kappa shape index (κ2) is 11.8. The molecular formula is C25H30ClF3N6O3. The Kier molecular flexibility index (Phi) is 8.74. The lowest BCUT2D eigenvalue weighted by atomic mass is 9.85. The highest BCUT2D eigenvalue weighted by Crippen LogP contribution is 2.40. The summed E-state index contributed by atoms with van der Waals surface area (Å²) < 4.78 is 42.8. The summed E-state index contributed by atoms with van der Waals surface area (Å²) in [5, 5.41) is 20.3. The minimum absolute atomic E-state index is 0.0310. The lowest BCUT2D eigenvalue weighted by molar-refractivity contribution is -0.384. The molecule has 2 aliphatic heterocycles. The molecule has 9 nitrogen and oxygen atoms in total. The van der Waals surface area contributed by atoms with E-state index in [4.69, 9.17) is 11.6 Å². The maximum atomic E-state index is 14.3. The first-order valence-electron chi connectivity index (χ1n) is 12.6. The van der Waals surface area contributed by atoms with Crippen LogP contribution in [0, 0.1) is 16.0 Å². The van der Waals surface area contributed by atoms with Crippen molar-refractivity contribution in [3.63, 3.8) is 0 Å². The fourth-order valence-electron chi connectivity index (χ4n) is 5.12. The molecule has 2 fully saturated rings. The molecule has 0 bridgehead atoms. The van der Waals surface area contributed by atoms with Crippen molar-refractivity contribution < 1.29 is 22.9 Å². The number of carbonyl (C=O) groups is 1. The highest BCUT2D eigenvalue weighted by Gasteiger charge is 2.55. The van der Waals surface area contributed by atoms with Crippen LogP contribution in [-0.2, 0) is 0 Å². The molecule has 1 amide bonds. The summed E-state index contributed by atoms with van der Waals surface area (Å²) in [6.07, 6.45) is -2.37. The Bertz CT molecular complexity index is 1150. The average Bonchev–Trinajstić information content (AvgIpc) is 2.88. The number of nitrogens with zero attached hydrogens (tertiary/aromatic N) is 3. The first kappa shape index (κ1) is 28.1. The maximum absolute atomic E-state index is 14.3. The lowest BCUT2D eigenvalue weighted by Gasteiger charge is -2.44. The number of nitro groups is 1. The van der Waals surface area contributed by atoms with Gasteiger partial charge in [0.1, 0.15) is 16.5 Å². The second-order valence-corrected chi connectivity index (χ2v) is 10.1. The van der Waals surface area contributed by atoms with Crippen molar-refractivity contribution in [2.75, 3.05) is 42.9 Å². The van der Waals surface area contributed by atoms with Gasteiger partial charge in [-0.1, -0.05) is 17.7 Å². The Morgan fingerprint density at radius 3 is 2.55 bits per heavy atom. The molecule has 0 aliphatic carbocycles. The van der Waals surface area contributed by atoms with E-state index in [0.717, 1.165) is 25.9 Å². The van der Waals surface area contributed by atoms with Crippen LogP contribution in [0.25, 0.3) is 0 Å². The fraction of sp³-hybridized carbons (Fsp3) is 0.520. The molecule has 0 atom stereocenters. The first-order valence-corrected chi connectivity index (χ1v) is 13.0. The molecule has 206 valence electrons. The Hall–Kier alpha value is -2.96. The zero-order chi connectivity index (χ0) is 27.3. The van der Waals surface area contributed by atoms with Gasteiger partial charge in [-0.25, -0.2) is 4.98 Å². The zero-order valence-electron chi connectivity index (χ0n) is 20.7. The third-order valence-electron chi connectivity index (χ3n) is 7.37. The number of piperidine rings is 2. The SMILES string of the molecule is O=C(Nc1cccc(Cl)n1)c1ccc([N+](=O)[O-])cc1N1CCC(NCCC2CCNCC2)(C(F)(F)F)CC1. The van der Waals surface area contributed by atoms with E-state index in [1.54, 1.807) is 11.0 Å². The Morgan fingerprint density at radius 1 is 1.21 bits per heavy atom. The van der Waals surface area contributed by atoms with Crippen molar-refractivity contribution in [1.82, 2.24) is 15.6 Å². The number of nitrogens with one attached hydrogen (secondary N) is 3. The molecule has 13 heteroatoms. The largest absolute Gasteiger partial charge is 0.406 e. The topological polar surface area (TPSA) is 112 Å². The summed E-state index contributed by atoms with van der Waals surface area (Å²) in [6.45, 7) is 1.97. The third-order valence-corrected chi connectivity index (χ3v) is 7.58. The number of carbonyl (C=O) groups excluding carboxylic acids is 1. The van der Waals surface area contributed by atoms with Crippen molar-refractivity contribution in [2.45, 2.75) is 43.8 Å². The average molecular weight is 555 g/mol. The predicted molar refractivity (Wildman–Crippen MR) is 139 cm³/mol. The molecule has 0 radical (unpaired) electrons. The number of rotatable bonds is 8. The van der Waals surface area contributed by atoms with E-state index >= 15 is 0 Å². The molecule has 1 aromatic heterocycles. The number of alkyl halides is 3. The molecule has 1 aromatic carbocycles. The molecule has 4 rings (SSSR count). The Labute approximate surface area is 223 Å². The molecule has 2 aromatic rings. The van der Waals surface area contributed by atoms with E-state index in [-0.39, 0.29) is 60.4 Å². The van der Waals surface area contributed by atoms with Gasteiger partial charge in [-0.2, -0.15) is 13.2 Å². The number of aromatic nitrogens is 1. The number of amides is 1. The van der Waals surface area contributed by atoms with Crippen LogP contribution in [0.4, 0.5) is 30.4 Å². The second-order valence-electron chi connectivity index (χ2n) is 9.73. The van der Waals surface area contributed by atoms with Crippen molar-refractivity contribution in [3.05, 3.63) is 57.2 Å². The maximum Gasteiger partial charge on any atom is 0.406 e. The summed E-state index contributed by atoms with van der Waals surface area (Å²) in [5.41, 5.74) is -2.02. The van der Waals surface area contributed by atoms with Crippen LogP contribution in [0.5, 0.6) is 0 Å². The van der Waals surface area contributed by atoms with Crippen LogP contribution in [0.3, 0.4) is 0 Å². The third kappa shape index (κ3) is 6.54. The van der Waals surface area contributed by atoms with Crippen LogP contribution in [-0.4, -0.2) is 60.3 Å². The monoisotopic (exact) mass is 554 g/mol. The van der Waals surface area contributed by atoms with Gasteiger partial charge in [0.25, 0.3) is 11.6 Å². The quantitative estimate of drug-likeness (QED) is 0.245. The number of nitro benzene ring substituents is 1. The highest BCUT2D eigenvalue weighted by molar-refractivity contribution is 6.29. The van der Waals surface area contributed by atoms with Gasteiger partial charge in [0.05, 0.1) is 16.2 Å². The predicted octanol–water partition coefficient (Wildman–Crippen LogP) is 4.78. The zero-order valence-corrected chi connectivity index (χ0v) is 21.4. The summed E-state index contributed by atoms with van der Waals surface area (Å²) in [6, 6.07) is 8.39. The van der Waals surface area contributed by atoms with Gasteiger partial charge in [0.15, 0.2) is 0 Å². The summed E-state index contributed by atoms with van der Waals surface area (Å²) >= 11 is 5.88. The molecule has 0 saturated carbocycles. The van der Waals surface area contributed by atoms with Crippen LogP contribution in [0.15, 0.2) is 36.4 Å². The van der Waals surface area contributed by atoms with Crippen LogP contribution in [0.1, 0.15) is 42.5 Å². The summed E-state index contributed by atoms with van der Waals surface area (Å²) in [5.74, 6) is -0.0223. The molecule has 2 saturated heterocycles. The van der Waals surface area contributed by atoms with E-state index in [2.05, 4.69) is 20.9 Å². The first-order chi connectivity index (χ1) is 18.1. The Morgan fingerprint density at radius 2 is 1.92 bits per heavy atom. The lowest BCUT2D eigenvalue weighted by Crippen LogP contribution is -2.62.